The van der Waals surface area contributed by atoms with E-state index in [1.807, 2.05) is 17.8 Å². The number of thioether (sulfide) groups is 1. The molecule has 2 heteroatoms. The Morgan fingerprint density at radius 3 is 2.57 bits per heavy atom. The van der Waals surface area contributed by atoms with Gasteiger partial charge in [-0.2, -0.15) is 0 Å². The summed E-state index contributed by atoms with van der Waals surface area (Å²) >= 11 is 1.85. The van der Waals surface area contributed by atoms with E-state index in [0.29, 0.717) is 0 Å². The molecule has 0 saturated carbocycles. The van der Waals surface area contributed by atoms with Gasteiger partial charge in [-0.1, -0.05) is 25.1 Å². The van der Waals surface area contributed by atoms with Crippen molar-refractivity contribution in [3.8, 4) is 0 Å². The number of rotatable bonds is 5. The highest BCUT2D eigenvalue weighted by atomic mass is 32.2. The molecule has 0 spiro atoms. The maximum absolute atomic E-state index is 5.95. The van der Waals surface area contributed by atoms with Gasteiger partial charge in [-0.05, 0) is 29.9 Å². The van der Waals surface area contributed by atoms with Crippen molar-refractivity contribution in [3.63, 3.8) is 0 Å². The van der Waals surface area contributed by atoms with Crippen molar-refractivity contribution in [2.45, 2.75) is 24.3 Å². The molecule has 1 aromatic rings. The normalized spacial score (nSPS) is 12.4. The van der Waals surface area contributed by atoms with E-state index < -0.39 is 0 Å². The first-order valence-electron chi connectivity index (χ1n) is 4.87. The summed E-state index contributed by atoms with van der Waals surface area (Å²) in [6, 6.07) is 8.56. The monoisotopic (exact) mass is 207 g/mol. The molecule has 0 radical (unpaired) electrons. The van der Waals surface area contributed by atoms with Crippen LogP contribution in [0.15, 0.2) is 41.8 Å². The van der Waals surface area contributed by atoms with Gasteiger partial charge < -0.3 is 5.73 Å². The summed E-state index contributed by atoms with van der Waals surface area (Å²) in [6.45, 7) is 5.84. The number of hydrogen-bond donors (Lipinski definition) is 1. The fraction of sp³-hybridized carbons (Fsp3) is 0.333. The van der Waals surface area contributed by atoms with Gasteiger partial charge in [0.05, 0.1) is 0 Å². The lowest BCUT2D eigenvalue weighted by atomic mass is 10.1. The zero-order chi connectivity index (χ0) is 10.4. The molecule has 0 amide bonds. The third kappa shape index (κ3) is 3.20. The smallest absolute Gasteiger partial charge is 0.0329 e. The van der Waals surface area contributed by atoms with Crippen molar-refractivity contribution in [2.24, 2.45) is 5.73 Å². The molecule has 14 heavy (non-hydrogen) atoms. The Labute approximate surface area is 90.4 Å². The van der Waals surface area contributed by atoms with Crippen molar-refractivity contribution < 1.29 is 0 Å². The van der Waals surface area contributed by atoms with Crippen LogP contribution in [0.2, 0.25) is 0 Å². The molecule has 0 heterocycles. The van der Waals surface area contributed by atoms with Gasteiger partial charge in [0.2, 0.25) is 0 Å². The van der Waals surface area contributed by atoms with Crippen LogP contribution in [0.3, 0.4) is 0 Å². The Kier molecular flexibility index (Phi) is 4.77. The highest BCUT2D eigenvalue weighted by molar-refractivity contribution is 7.99. The van der Waals surface area contributed by atoms with Crippen LogP contribution in [0, 0.1) is 0 Å². The van der Waals surface area contributed by atoms with Crippen LogP contribution in [0.1, 0.15) is 24.9 Å². The van der Waals surface area contributed by atoms with Gasteiger partial charge in [-0.25, -0.2) is 0 Å². The van der Waals surface area contributed by atoms with Gasteiger partial charge in [0, 0.05) is 10.9 Å². The largest absolute Gasteiger partial charge is 0.324 e. The Hall–Kier alpha value is -0.730. The predicted molar refractivity (Wildman–Crippen MR) is 64.6 cm³/mol. The van der Waals surface area contributed by atoms with Gasteiger partial charge in [0.1, 0.15) is 0 Å². The topological polar surface area (TPSA) is 26.0 Å². The van der Waals surface area contributed by atoms with Crippen molar-refractivity contribution >= 4 is 11.8 Å². The van der Waals surface area contributed by atoms with Gasteiger partial charge in [0.15, 0.2) is 0 Å². The highest BCUT2D eigenvalue weighted by Gasteiger charge is 2.02. The minimum absolute atomic E-state index is 0.0909. The SMILES string of the molecule is C=CCC(N)c1ccc(SCC)cc1. The molecule has 0 aliphatic heterocycles. The molecule has 1 aromatic carbocycles. The molecule has 0 aliphatic carbocycles. The quantitative estimate of drug-likeness (QED) is 0.591. The molecule has 76 valence electrons. The summed E-state index contributed by atoms with van der Waals surface area (Å²) in [5.74, 6) is 1.11. The van der Waals surface area contributed by atoms with Gasteiger partial charge >= 0.3 is 0 Å². The van der Waals surface area contributed by atoms with Crippen molar-refractivity contribution in [3.05, 3.63) is 42.5 Å². The first kappa shape index (κ1) is 11.3. The lowest BCUT2D eigenvalue weighted by molar-refractivity contribution is 0.741. The summed E-state index contributed by atoms with van der Waals surface area (Å²) in [6.07, 6.45) is 2.69. The van der Waals surface area contributed by atoms with Crippen LogP contribution >= 0.6 is 11.8 Å². The zero-order valence-corrected chi connectivity index (χ0v) is 9.39. The molecule has 0 saturated heterocycles. The lowest BCUT2D eigenvalue weighted by Crippen LogP contribution is -2.08. The first-order valence-corrected chi connectivity index (χ1v) is 5.85. The molecular formula is C12H17NS. The molecule has 1 nitrogen and oxygen atoms in total. The van der Waals surface area contributed by atoms with E-state index in [9.17, 15) is 0 Å². The Balaban J connectivity index is 2.67. The van der Waals surface area contributed by atoms with Crippen molar-refractivity contribution in [1.82, 2.24) is 0 Å². The van der Waals surface area contributed by atoms with Gasteiger partial charge in [0.25, 0.3) is 0 Å². The van der Waals surface area contributed by atoms with Crippen molar-refractivity contribution in [1.29, 1.82) is 0 Å². The van der Waals surface area contributed by atoms with Crippen molar-refractivity contribution in [2.75, 3.05) is 5.75 Å². The molecule has 2 N–H and O–H groups in total. The lowest BCUT2D eigenvalue weighted by Gasteiger charge is -2.09. The summed E-state index contributed by atoms with van der Waals surface area (Å²) in [5, 5.41) is 0. The molecule has 0 fully saturated rings. The predicted octanol–water partition coefficient (Wildman–Crippen LogP) is 3.37. The minimum atomic E-state index is 0.0909. The second-order valence-corrected chi connectivity index (χ2v) is 4.47. The van der Waals surface area contributed by atoms with E-state index in [0.717, 1.165) is 12.2 Å². The molecule has 0 bridgehead atoms. The van der Waals surface area contributed by atoms with Crippen LogP contribution in [0.5, 0.6) is 0 Å². The fourth-order valence-corrected chi connectivity index (χ4v) is 1.96. The molecule has 0 aromatic heterocycles. The Morgan fingerprint density at radius 2 is 2.07 bits per heavy atom. The number of benzene rings is 1. The van der Waals surface area contributed by atoms with Crippen LogP contribution in [0.4, 0.5) is 0 Å². The minimum Gasteiger partial charge on any atom is -0.324 e. The van der Waals surface area contributed by atoms with E-state index in [2.05, 4.69) is 37.8 Å². The van der Waals surface area contributed by atoms with Crippen LogP contribution in [-0.2, 0) is 0 Å². The molecule has 1 rings (SSSR count). The summed E-state index contributed by atoms with van der Waals surface area (Å²) in [7, 11) is 0. The third-order valence-electron chi connectivity index (χ3n) is 2.04. The van der Waals surface area contributed by atoms with E-state index in [-0.39, 0.29) is 6.04 Å². The van der Waals surface area contributed by atoms with E-state index in [1.165, 1.54) is 10.5 Å². The zero-order valence-electron chi connectivity index (χ0n) is 8.57. The second-order valence-electron chi connectivity index (χ2n) is 3.13. The highest BCUT2D eigenvalue weighted by Crippen LogP contribution is 2.21. The molecule has 1 unspecified atom stereocenters. The summed E-state index contributed by atoms with van der Waals surface area (Å²) in [4.78, 5) is 1.31. The molecule has 1 atom stereocenters. The van der Waals surface area contributed by atoms with E-state index in [1.54, 1.807) is 0 Å². The van der Waals surface area contributed by atoms with Crippen LogP contribution in [-0.4, -0.2) is 5.75 Å². The average molecular weight is 207 g/mol. The Morgan fingerprint density at radius 1 is 1.43 bits per heavy atom. The average Bonchev–Trinajstić information content (AvgIpc) is 2.20. The Bertz CT molecular complexity index is 279. The van der Waals surface area contributed by atoms with E-state index >= 15 is 0 Å². The standard InChI is InChI=1S/C12H17NS/c1-3-5-12(13)10-6-8-11(9-7-10)14-4-2/h3,6-9,12H,1,4-5,13H2,2H3. The second kappa shape index (κ2) is 5.89. The first-order chi connectivity index (χ1) is 6.77. The number of nitrogens with two attached hydrogens (primary N) is 1. The van der Waals surface area contributed by atoms with Crippen LogP contribution < -0.4 is 5.73 Å². The number of hydrogen-bond acceptors (Lipinski definition) is 2. The van der Waals surface area contributed by atoms with Gasteiger partial charge in [-0.15, -0.1) is 18.3 Å². The van der Waals surface area contributed by atoms with Crippen LogP contribution in [0.25, 0.3) is 0 Å². The van der Waals surface area contributed by atoms with E-state index in [4.69, 9.17) is 5.73 Å². The fourth-order valence-electron chi connectivity index (χ4n) is 1.29. The summed E-state index contributed by atoms with van der Waals surface area (Å²) in [5.41, 5.74) is 7.14. The third-order valence-corrected chi connectivity index (χ3v) is 2.93. The molecule has 0 aliphatic rings. The molecular weight excluding hydrogens is 190 g/mol. The maximum Gasteiger partial charge on any atom is 0.0329 e. The summed E-state index contributed by atoms with van der Waals surface area (Å²) < 4.78 is 0. The van der Waals surface area contributed by atoms with Gasteiger partial charge in [-0.3, -0.25) is 0 Å². The maximum atomic E-state index is 5.95.